The van der Waals surface area contributed by atoms with E-state index in [0.29, 0.717) is 16.5 Å². The second kappa shape index (κ2) is 5.63. The van der Waals surface area contributed by atoms with Crippen LogP contribution in [0.15, 0.2) is 23.1 Å². The Morgan fingerprint density at radius 1 is 1.56 bits per heavy atom. The minimum Gasteiger partial charge on any atom is -0.465 e. The first kappa shape index (κ1) is 13.2. The number of benzene rings is 1. The summed E-state index contributed by atoms with van der Waals surface area (Å²) < 4.78 is 10.2. The number of carbonyl (C=O) groups excluding carboxylic acids is 1. The minimum absolute atomic E-state index is 0.219. The van der Waals surface area contributed by atoms with Crippen LogP contribution in [-0.4, -0.2) is 31.0 Å². The summed E-state index contributed by atoms with van der Waals surface area (Å²) in [5.41, 5.74) is 7.16. The van der Waals surface area contributed by atoms with Gasteiger partial charge in [-0.15, -0.1) is 11.8 Å². The Morgan fingerprint density at radius 2 is 2.33 bits per heavy atom. The molecule has 0 saturated carbocycles. The fourth-order valence-corrected chi connectivity index (χ4v) is 3.12. The van der Waals surface area contributed by atoms with Crippen LogP contribution in [0.5, 0.6) is 0 Å². The van der Waals surface area contributed by atoms with E-state index in [1.807, 2.05) is 0 Å². The van der Waals surface area contributed by atoms with Crippen LogP contribution < -0.4 is 5.73 Å². The number of methoxy groups -OCH3 is 1. The summed E-state index contributed by atoms with van der Waals surface area (Å²) in [5, 5.41) is 0.389. The molecule has 0 bridgehead atoms. The van der Waals surface area contributed by atoms with Gasteiger partial charge in [-0.3, -0.25) is 0 Å². The third-order valence-corrected chi connectivity index (χ3v) is 4.55. The maximum Gasteiger partial charge on any atom is 0.337 e. The van der Waals surface area contributed by atoms with Crippen LogP contribution in [0.25, 0.3) is 0 Å². The van der Waals surface area contributed by atoms with Crippen LogP contribution >= 0.6 is 11.8 Å². The number of esters is 1. The van der Waals surface area contributed by atoms with E-state index in [1.54, 1.807) is 30.0 Å². The molecular weight excluding hydrogens is 250 g/mol. The molecule has 0 aromatic heterocycles. The number of anilines is 1. The number of nitrogens with two attached hydrogens (primary N) is 1. The van der Waals surface area contributed by atoms with E-state index >= 15 is 0 Å². The fraction of sp³-hybridized carbons (Fsp3) is 0.462. The van der Waals surface area contributed by atoms with Crippen LogP contribution in [0.4, 0.5) is 5.69 Å². The van der Waals surface area contributed by atoms with Crippen molar-refractivity contribution in [2.45, 2.75) is 29.6 Å². The molecule has 2 N–H and O–H groups in total. The summed E-state index contributed by atoms with van der Waals surface area (Å²) in [7, 11) is 1.37. The monoisotopic (exact) mass is 267 g/mol. The van der Waals surface area contributed by atoms with Crippen molar-refractivity contribution < 1.29 is 14.3 Å². The summed E-state index contributed by atoms with van der Waals surface area (Å²) in [6, 6.07) is 5.21. The lowest BCUT2D eigenvalue weighted by Crippen LogP contribution is -2.13. The maximum atomic E-state index is 11.5. The molecule has 1 heterocycles. The lowest BCUT2D eigenvalue weighted by molar-refractivity contribution is 0.0600. The molecule has 0 radical (unpaired) electrons. The van der Waals surface area contributed by atoms with Crippen LogP contribution in [0.3, 0.4) is 0 Å². The highest BCUT2D eigenvalue weighted by Gasteiger charge is 2.26. The van der Waals surface area contributed by atoms with Crippen LogP contribution in [0.2, 0.25) is 0 Å². The molecule has 1 aromatic carbocycles. The van der Waals surface area contributed by atoms with E-state index < -0.39 is 0 Å². The number of nitrogen functional groups attached to an aromatic ring is 1. The third kappa shape index (κ3) is 2.79. The van der Waals surface area contributed by atoms with Gasteiger partial charge in [0.05, 0.1) is 18.8 Å². The van der Waals surface area contributed by atoms with Crippen LogP contribution in [-0.2, 0) is 9.47 Å². The van der Waals surface area contributed by atoms with Gasteiger partial charge >= 0.3 is 5.97 Å². The molecule has 2 unspecified atom stereocenters. The summed E-state index contributed by atoms with van der Waals surface area (Å²) >= 11 is 1.67. The Hall–Kier alpha value is -1.20. The Balaban J connectivity index is 2.18. The van der Waals surface area contributed by atoms with Gasteiger partial charge < -0.3 is 15.2 Å². The molecule has 1 fully saturated rings. The van der Waals surface area contributed by atoms with E-state index in [4.69, 9.17) is 15.2 Å². The molecule has 5 heteroatoms. The van der Waals surface area contributed by atoms with E-state index in [-0.39, 0.29) is 12.1 Å². The Labute approximate surface area is 111 Å². The molecule has 18 heavy (non-hydrogen) atoms. The van der Waals surface area contributed by atoms with Crippen molar-refractivity contribution in [1.82, 2.24) is 0 Å². The van der Waals surface area contributed by atoms with Gasteiger partial charge in [-0.1, -0.05) is 0 Å². The molecule has 0 aliphatic carbocycles. The lowest BCUT2D eigenvalue weighted by atomic mass is 10.2. The van der Waals surface area contributed by atoms with Gasteiger partial charge in [0.2, 0.25) is 0 Å². The maximum absolute atomic E-state index is 11.5. The first-order valence-electron chi connectivity index (χ1n) is 5.88. The highest BCUT2D eigenvalue weighted by atomic mass is 32.2. The molecule has 1 aliphatic heterocycles. The summed E-state index contributed by atoms with van der Waals surface area (Å²) in [6.45, 7) is 2.85. The molecule has 98 valence electrons. The quantitative estimate of drug-likeness (QED) is 0.672. The van der Waals surface area contributed by atoms with E-state index in [0.717, 1.165) is 17.9 Å². The second-order valence-corrected chi connectivity index (χ2v) is 5.55. The van der Waals surface area contributed by atoms with Gasteiger partial charge in [-0.05, 0) is 31.5 Å². The van der Waals surface area contributed by atoms with Gasteiger partial charge in [0.15, 0.2) is 0 Å². The molecule has 0 spiro atoms. The summed E-state index contributed by atoms with van der Waals surface area (Å²) in [5.74, 6) is -0.340. The van der Waals surface area contributed by atoms with Crippen molar-refractivity contribution in [3.8, 4) is 0 Å². The summed E-state index contributed by atoms with van der Waals surface area (Å²) in [4.78, 5) is 12.4. The number of carbonyl (C=O) groups is 1. The number of ether oxygens (including phenoxy) is 2. The summed E-state index contributed by atoms with van der Waals surface area (Å²) in [6.07, 6.45) is 1.23. The van der Waals surface area contributed by atoms with Gasteiger partial charge in [0, 0.05) is 22.4 Å². The number of rotatable bonds is 3. The average molecular weight is 267 g/mol. The first-order valence-corrected chi connectivity index (χ1v) is 6.76. The van der Waals surface area contributed by atoms with Crippen LogP contribution in [0.1, 0.15) is 23.7 Å². The topological polar surface area (TPSA) is 61.5 Å². The van der Waals surface area contributed by atoms with E-state index in [2.05, 4.69) is 6.92 Å². The number of hydrogen-bond donors (Lipinski definition) is 1. The zero-order valence-electron chi connectivity index (χ0n) is 10.5. The molecule has 0 amide bonds. The SMILES string of the molecule is COC(=O)c1ccc(N)c(SC2CCOC2C)c1. The largest absolute Gasteiger partial charge is 0.465 e. The average Bonchev–Trinajstić information content (AvgIpc) is 2.77. The molecule has 1 saturated heterocycles. The van der Waals surface area contributed by atoms with Crippen molar-refractivity contribution in [3.05, 3.63) is 23.8 Å². The normalized spacial score (nSPS) is 23.0. The molecular formula is C13H17NO3S. The zero-order valence-corrected chi connectivity index (χ0v) is 11.3. The first-order chi connectivity index (χ1) is 8.61. The smallest absolute Gasteiger partial charge is 0.337 e. The van der Waals surface area contributed by atoms with Gasteiger partial charge in [-0.25, -0.2) is 4.79 Å². The second-order valence-electron chi connectivity index (χ2n) is 4.27. The zero-order chi connectivity index (χ0) is 13.1. The number of hydrogen-bond acceptors (Lipinski definition) is 5. The van der Waals surface area contributed by atoms with Gasteiger partial charge in [0.1, 0.15) is 0 Å². The van der Waals surface area contributed by atoms with Crippen molar-refractivity contribution >= 4 is 23.4 Å². The fourth-order valence-electron chi connectivity index (χ4n) is 1.91. The predicted molar refractivity (Wildman–Crippen MR) is 71.9 cm³/mol. The Morgan fingerprint density at radius 3 is 2.94 bits per heavy atom. The van der Waals surface area contributed by atoms with Crippen molar-refractivity contribution in [2.75, 3.05) is 19.5 Å². The molecule has 1 aliphatic rings. The molecule has 2 atom stereocenters. The Bertz CT molecular complexity index is 450. The van der Waals surface area contributed by atoms with Crippen LogP contribution in [0, 0.1) is 0 Å². The third-order valence-electron chi connectivity index (χ3n) is 3.02. The minimum atomic E-state index is -0.340. The van der Waals surface area contributed by atoms with E-state index in [1.165, 1.54) is 7.11 Å². The Kier molecular flexibility index (Phi) is 4.14. The molecule has 2 rings (SSSR count). The molecule has 1 aromatic rings. The van der Waals surface area contributed by atoms with Crippen molar-refractivity contribution in [1.29, 1.82) is 0 Å². The van der Waals surface area contributed by atoms with Crippen molar-refractivity contribution in [2.24, 2.45) is 0 Å². The van der Waals surface area contributed by atoms with Gasteiger partial charge in [0.25, 0.3) is 0 Å². The van der Waals surface area contributed by atoms with E-state index in [9.17, 15) is 4.79 Å². The predicted octanol–water partition coefficient (Wildman–Crippen LogP) is 2.32. The highest BCUT2D eigenvalue weighted by molar-refractivity contribution is 8.00. The number of thioether (sulfide) groups is 1. The lowest BCUT2D eigenvalue weighted by Gasteiger charge is -2.15. The standard InChI is InChI=1S/C13H17NO3S/c1-8-11(5-6-17-8)18-12-7-9(13(15)16-2)3-4-10(12)14/h3-4,7-8,11H,5-6,14H2,1-2H3. The van der Waals surface area contributed by atoms with Crippen molar-refractivity contribution in [3.63, 3.8) is 0 Å². The van der Waals surface area contributed by atoms with Gasteiger partial charge in [-0.2, -0.15) is 0 Å². The highest BCUT2D eigenvalue weighted by Crippen LogP contribution is 2.36. The molecule has 4 nitrogen and oxygen atoms in total.